The van der Waals surface area contributed by atoms with Crippen LogP contribution in [0.1, 0.15) is 12.5 Å². The highest BCUT2D eigenvalue weighted by Gasteiger charge is 2.16. The van der Waals surface area contributed by atoms with Crippen LogP contribution in [-0.4, -0.2) is 22.0 Å². The molecule has 4 aromatic rings. The molecular formula is C24H19Cl2N3O3. The van der Waals surface area contributed by atoms with E-state index in [1.165, 1.54) is 6.20 Å². The summed E-state index contributed by atoms with van der Waals surface area (Å²) in [6, 6.07) is 17.5. The second kappa shape index (κ2) is 9.42. The third-order valence-electron chi connectivity index (χ3n) is 4.74. The first kappa shape index (κ1) is 21.9. The van der Waals surface area contributed by atoms with Crippen LogP contribution in [-0.2, 0) is 4.79 Å². The van der Waals surface area contributed by atoms with E-state index in [1.54, 1.807) is 67.6 Å². The number of fused-ring (bicyclic) bond motifs is 1. The van der Waals surface area contributed by atoms with Crippen molar-refractivity contribution < 1.29 is 14.3 Å². The van der Waals surface area contributed by atoms with E-state index in [0.29, 0.717) is 44.1 Å². The third kappa shape index (κ3) is 5.10. The van der Waals surface area contributed by atoms with Crippen molar-refractivity contribution in [1.29, 1.82) is 0 Å². The maximum atomic E-state index is 12.5. The Kier molecular flexibility index (Phi) is 6.44. The number of carbonyl (C=O) groups excluding carboxylic acids is 1. The number of halogens is 2. The van der Waals surface area contributed by atoms with Gasteiger partial charge in [0.15, 0.2) is 6.10 Å². The zero-order valence-corrected chi connectivity index (χ0v) is 18.8. The normalized spacial score (nSPS) is 11.8. The second-order valence-corrected chi connectivity index (χ2v) is 7.92. The summed E-state index contributed by atoms with van der Waals surface area (Å²) in [4.78, 5) is 21.2. The molecule has 0 radical (unpaired) electrons. The van der Waals surface area contributed by atoms with E-state index in [9.17, 15) is 4.79 Å². The predicted octanol–water partition coefficient (Wildman–Crippen LogP) is 6.44. The Balaban J connectivity index is 1.38. The van der Waals surface area contributed by atoms with Crippen LogP contribution >= 0.6 is 23.2 Å². The summed E-state index contributed by atoms with van der Waals surface area (Å²) in [6.45, 7) is 3.52. The molecule has 1 amide bonds. The van der Waals surface area contributed by atoms with Crippen LogP contribution in [0.25, 0.3) is 11.0 Å². The molecule has 8 heteroatoms. The van der Waals surface area contributed by atoms with Gasteiger partial charge in [-0.05, 0) is 74.0 Å². The average molecular weight is 468 g/mol. The van der Waals surface area contributed by atoms with Crippen molar-refractivity contribution in [2.24, 2.45) is 0 Å². The molecule has 0 aliphatic heterocycles. The van der Waals surface area contributed by atoms with Gasteiger partial charge in [0.1, 0.15) is 11.5 Å². The van der Waals surface area contributed by atoms with E-state index in [4.69, 9.17) is 32.7 Å². The molecule has 4 rings (SSSR count). The molecule has 1 heterocycles. The smallest absolute Gasteiger partial charge is 0.265 e. The molecule has 1 atom stereocenters. The monoisotopic (exact) mass is 467 g/mol. The average Bonchev–Trinajstić information content (AvgIpc) is 2.78. The lowest BCUT2D eigenvalue weighted by atomic mass is 10.2. The molecule has 0 saturated carbocycles. The van der Waals surface area contributed by atoms with E-state index in [1.807, 2.05) is 6.92 Å². The van der Waals surface area contributed by atoms with Gasteiger partial charge in [0.05, 0.1) is 17.2 Å². The highest BCUT2D eigenvalue weighted by Crippen LogP contribution is 2.26. The number of hydrogen-bond donors (Lipinski definition) is 1. The van der Waals surface area contributed by atoms with Gasteiger partial charge in [-0.25, -0.2) is 9.97 Å². The maximum Gasteiger partial charge on any atom is 0.265 e. The van der Waals surface area contributed by atoms with Crippen molar-refractivity contribution in [2.75, 3.05) is 5.32 Å². The SMILES string of the molecule is Cc1c(Cl)cccc1NC(=O)C(C)Oc1ccc(Oc2cnc3cc(Cl)ccc3n2)cc1. The molecule has 6 nitrogen and oxygen atoms in total. The summed E-state index contributed by atoms with van der Waals surface area (Å²) < 4.78 is 11.5. The predicted molar refractivity (Wildman–Crippen MR) is 126 cm³/mol. The lowest BCUT2D eigenvalue weighted by Crippen LogP contribution is -2.30. The van der Waals surface area contributed by atoms with Crippen LogP contribution in [0.2, 0.25) is 10.0 Å². The highest BCUT2D eigenvalue weighted by molar-refractivity contribution is 6.32. The Morgan fingerprint density at radius 3 is 2.53 bits per heavy atom. The zero-order valence-electron chi connectivity index (χ0n) is 17.3. The number of aromatic nitrogens is 2. The largest absolute Gasteiger partial charge is 0.481 e. The number of hydrogen-bond acceptors (Lipinski definition) is 5. The molecule has 0 saturated heterocycles. The first-order valence-corrected chi connectivity index (χ1v) is 10.6. The molecule has 162 valence electrons. The van der Waals surface area contributed by atoms with Crippen molar-refractivity contribution in [2.45, 2.75) is 20.0 Å². The van der Waals surface area contributed by atoms with E-state index >= 15 is 0 Å². The number of nitrogens with zero attached hydrogens (tertiary/aromatic N) is 2. The fourth-order valence-electron chi connectivity index (χ4n) is 2.96. The summed E-state index contributed by atoms with van der Waals surface area (Å²) >= 11 is 12.1. The molecule has 1 unspecified atom stereocenters. The summed E-state index contributed by atoms with van der Waals surface area (Å²) in [7, 11) is 0. The Bertz CT molecular complexity index is 1280. The van der Waals surface area contributed by atoms with Crippen LogP contribution < -0.4 is 14.8 Å². The lowest BCUT2D eigenvalue weighted by Gasteiger charge is -2.16. The number of benzene rings is 3. The van der Waals surface area contributed by atoms with E-state index in [-0.39, 0.29) is 5.91 Å². The number of ether oxygens (including phenoxy) is 2. The Hall–Kier alpha value is -3.35. The summed E-state index contributed by atoms with van der Waals surface area (Å²) in [5.74, 6) is 1.18. The maximum absolute atomic E-state index is 12.5. The highest BCUT2D eigenvalue weighted by atomic mass is 35.5. The minimum atomic E-state index is -0.710. The quantitative estimate of drug-likeness (QED) is 0.352. The van der Waals surface area contributed by atoms with Crippen molar-refractivity contribution in [3.8, 4) is 17.4 Å². The van der Waals surface area contributed by atoms with Gasteiger partial charge in [-0.1, -0.05) is 29.3 Å². The van der Waals surface area contributed by atoms with Crippen molar-refractivity contribution in [3.05, 3.63) is 82.5 Å². The van der Waals surface area contributed by atoms with E-state index in [0.717, 1.165) is 5.56 Å². The van der Waals surface area contributed by atoms with Crippen LogP contribution in [0, 0.1) is 6.92 Å². The molecule has 0 fully saturated rings. The molecular weight excluding hydrogens is 449 g/mol. The van der Waals surface area contributed by atoms with Gasteiger partial charge in [0, 0.05) is 15.7 Å². The first-order chi connectivity index (χ1) is 15.4. The number of carbonyl (C=O) groups is 1. The van der Waals surface area contributed by atoms with Gasteiger partial charge >= 0.3 is 0 Å². The van der Waals surface area contributed by atoms with Crippen LogP contribution in [0.3, 0.4) is 0 Å². The van der Waals surface area contributed by atoms with Crippen LogP contribution in [0.5, 0.6) is 17.4 Å². The molecule has 0 aliphatic rings. The summed E-state index contributed by atoms with van der Waals surface area (Å²) in [5.41, 5.74) is 2.83. The topological polar surface area (TPSA) is 73.3 Å². The summed E-state index contributed by atoms with van der Waals surface area (Å²) in [5, 5.41) is 4.03. The fourth-order valence-corrected chi connectivity index (χ4v) is 3.30. The molecule has 0 spiro atoms. The lowest BCUT2D eigenvalue weighted by molar-refractivity contribution is -0.122. The number of rotatable bonds is 6. The minimum absolute atomic E-state index is 0.276. The zero-order chi connectivity index (χ0) is 22.7. The third-order valence-corrected chi connectivity index (χ3v) is 5.38. The fraction of sp³-hybridized carbons (Fsp3) is 0.125. The number of amides is 1. The molecule has 0 bridgehead atoms. The van der Waals surface area contributed by atoms with Crippen molar-refractivity contribution >= 4 is 45.8 Å². The summed E-state index contributed by atoms with van der Waals surface area (Å²) in [6.07, 6.45) is 0.825. The molecule has 1 aromatic heterocycles. The second-order valence-electron chi connectivity index (χ2n) is 7.08. The van der Waals surface area contributed by atoms with Gasteiger partial charge in [-0.15, -0.1) is 0 Å². The van der Waals surface area contributed by atoms with Crippen LogP contribution in [0.4, 0.5) is 5.69 Å². The van der Waals surface area contributed by atoms with Gasteiger partial charge in [-0.3, -0.25) is 4.79 Å². The molecule has 3 aromatic carbocycles. The van der Waals surface area contributed by atoms with Gasteiger partial charge < -0.3 is 14.8 Å². The minimum Gasteiger partial charge on any atom is -0.481 e. The Labute approximate surface area is 195 Å². The molecule has 1 N–H and O–H groups in total. The van der Waals surface area contributed by atoms with Crippen molar-refractivity contribution in [3.63, 3.8) is 0 Å². The standard InChI is InChI=1S/C24H19Cl2N3O3/c1-14-19(26)4-3-5-20(14)29-24(30)15(2)31-17-7-9-18(10-8-17)32-23-13-27-22-12-16(25)6-11-21(22)28-23/h3-13,15H,1-2H3,(H,29,30). The Morgan fingerprint density at radius 1 is 1.00 bits per heavy atom. The van der Waals surface area contributed by atoms with E-state index in [2.05, 4.69) is 15.3 Å². The van der Waals surface area contributed by atoms with Crippen molar-refractivity contribution in [1.82, 2.24) is 9.97 Å². The Morgan fingerprint density at radius 2 is 1.75 bits per heavy atom. The van der Waals surface area contributed by atoms with Gasteiger partial charge in [0.25, 0.3) is 5.91 Å². The number of anilines is 1. The van der Waals surface area contributed by atoms with Gasteiger partial charge in [0.2, 0.25) is 5.88 Å². The van der Waals surface area contributed by atoms with Gasteiger partial charge in [-0.2, -0.15) is 0 Å². The van der Waals surface area contributed by atoms with Crippen LogP contribution in [0.15, 0.2) is 66.9 Å². The molecule has 32 heavy (non-hydrogen) atoms. The van der Waals surface area contributed by atoms with E-state index < -0.39 is 6.10 Å². The molecule has 0 aliphatic carbocycles. The first-order valence-electron chi connectivity index (χ1n) is 9.82. The number of nitrogens with one attached hydrogen (secondary N) is 1.